The van der Waals surface area contributed by atoms with E-state index in [0.29, 0.717) is 19.0 Å². The number of hydrogen-bond donors (Lipinski definition) is 2. The van der Waals surface area contributed by atoms with Crippen LogP contribution in [0.1, 0.15) is 23.9 Å². The van der Waals surface area contributed by atoms with Gasteiger partial charge in [0.15, 0.2) is 17.5 Å². The van der Waals surface area contributed by atoms with E-state index in [1.165, 1.54) is 0 Å². The van der Waals surface area contributed by atoms with Crippen molar-refractivity contribution in [2.75, 3.05) is 20.7 Å². The van der Waals surface area contributed by atoms with Gasteiger partial charge in [0.25, 0.3) is 0 Å². The van der Waals surface area contributed by atoms with Gasteiger partial charge in [0.05, 0.1) is 25.0 Å². The minimum Gasteiger partial charge on any atom is -0.493 e. The summed E-state index contributed by atoms with van der Waals surface area (Å²) in [5.74, 6) is 2.15. The second-order valence-electron chi connectivity index (χ2n) is 7.28. The van der Waals surface area contributed by atoms with Crippen LogP contribution in [0.2, 0.25) is 0 Å². The topological polar surface area (TPSA) is 72.7 Å². The Hall–Kier alpha value is -2.75. The van der Waals surface area contributed by atoms with Crippen LogP contribution >= 0.6 is 24.0 Å². The molecule has 0 saturated heterocycles. The second-order valence-corrected chi connectivity index (χ2v) is 7.28. The average Bonchev–Trinajstić information content (AvgIpc) is 3.08. The van der Waals surface area contributed by atoms with Crippen molar-refractivity contribution in [3.05, 3.63) is 71.5 Å². The molecule has 3 rings (SSSR count). The number of nitrogens with zero attached hydrogens (tertiary/aromatic N) is 3. The van der Waals surface area contributed by atoms with Gasteiger partial charge in [0.1, 0.15) is 6.10 Å². The minimum absolute atomic E-state index is 0. The van der Waals surface area contributed by atoms with Gasteiger partial charge in [-0.1, -0.05) is 30.3 Å². The smallest absolute Gasteiger partial charge is 0.191 e. The lowest BCUT2D eigenvalue weighted by molar-refractivity contribution is 0.213. The summed E-state index contributed by atoms with van der Waals surface area (Å²) in [6.45, 7) is 7.35. The first-order chi connectivity index (χ1) is 15.0. The van der Waals surface area contributed by atoms with Crippen LogP contribution in [0, 0.1) is 13.8 Å². The maximum absolute atomic E-state index is 6.00. The van der Waals surface area contributed by atoms with Gasteiger partial charge < -0.3 is 20.1 Å². The second kappa shape index (κ2) is 12.3. The highest BCUT2D eigenvalue weighted by molar-refractivity contribution is 14.0. The molecule has 0 aliphatic rings. The fourth-order valence-corrected chi connectivity index (χ4v) is 3.36. The molecule has 0 saturated carbocycles. The lowest BCUT2D eigenvalue weighted by atomic mass is 10.2. The summed E-state index contributed by atoms with van der Waals surface area (Å²) < 4.78 is 13.3. The molecule has 0 fully saturated rings. The Bertz CT molecular complexity index is 1020. The molecule has 32 heavy (non-hydrogen) atoms. The van der Waals surface area contributed by atoms with Gasteiger partial charge in [-0.25, -0.2) is 4.68 Å². The Morgan fingerprint density at radius 1 is 1.03 bits per heavy atom. The number of guanidine groups is 1. The van der Waals surface area contributed by atoms with Gasteiger partial charge in [0.2, 0.25) is 0 Å². The molecule has 1 unspecified atom stereocenters. The van der Waals surface area contributed by atoms with E-state index in [2.05, 4.69) is 34.7 Å². The van der Waals surface area contributed by atoms with E-state index in [0.717, 1.165) is 34.1 Å². The number of aliphatic imine (C=N–C) groups is 1. The third-order valence-electron chi connectivity index (χ3n) is 5.05. The Balaban J connectivity index is 0.00000363. The molecule has 1 heterocycles. The lowest BCUT2D eigenvalue weighted by Gasteiger charge is -2.19. The first kappa shape index (κ1) is 25.5. The average molecular weight is 549 g/mol. The maximum Gasteiger partial charge on any atom is 0.191 e. The molecule has 0 aliphatic heterocycles. The molecule has 0 bridgehead atoms. The third-order valence-corrected chi connectivity index (χ3v) is 5.05. The number of nitrogens with one attached hydrogen (secondary N) is 2. The van der Waals surface area contributed by atoms with Gasteiger partial charge in [-0.3, -0.25) is 4.99 Å². The van der Waals surface area contributed by atoms with Crippen molar-refractivity contribution in [2.24, 2.45) is 4.99 Å². The quantitative estimate of drug-likeness (QED) is 0.250. The van der Waals surface area contributed by atoms with E-state index in [1.807, 2.05) is 61.0 Å². The normalized spacial score (nSPS) is 12.0. The van der Waals surface area contributed by atoms with Crippen LogP contribution in [0.5, 0.6) is 11.5 Å². The Morgan fingerprint density at radius 3 is 2.34 bits per heavy atom. The molecule has 0 aliphatic carbocycles. The predicted molar refractivity (Wildman–Crippen MR) is 140 cm³/mol. The van der Waals surface area contributed by atoms with E-state index >= 15 is 0 Å². The van der Waals surface area contributed by atoms with Crippen molar-refractivity contribution in [2.45, 2.75) is 33.4 Å². The number of ether oxygens (including phenoxy) is 2. The van der Waals surface area contributed by atoms with Crippen molar-refractivity contribution in [3.8, 4) is 17.2 Å². The van der Waals surface area contributed by atoms with Gasteiger partial charge in [0, 0.05) is 24.8 Å². The zero-order chi connectivity index (χ0) is 22.2. The van der Waals surface area contributed by atoms with Crippen LogP contribution < -0.4 is 20.1 Å². The molecule has 8 heteroatoms. The molecule has 172 valence electrons. The number of rotatable bonds is 8. The summed E-state index contributed by atoms with van der Waals surface area (Å²) in [7, 11) is 3.40. The van der Waals surface area contributed by atoms with Crippen LogP contribution in [0.4, 0.5) is 0 Å². The first-order valence-electron chi connectivity index (χ1n) is 10.4. The highest BCUT2D eigenvalue weighted by Gasteiger charge is 2.14. The summed E-state index contributed by atoms with van der Waals surface area (Å²) >= 11 is 0. The number of methoxy groups -OCH3 is 1. The van der Waals surface area contributed by atoms with Gasteiger partial charge >= 0.3 is 0 Å². The van der Waals surface area contributed by atoms with Crippen molar-refractivity contribution < 1.29 is 9.47 Å². The number of benzene rings is 2. The Morgan fingerprint density at radius 2 is 1.69 bits per heavy atom. The molecule has 3 aromatic rings. The van der Waals surface area contributed by atoms with E-state index in [4.69, 9.17) is 14.6 Å². The minimum atomic E-state index is -0.0702. The third kappa shape index (κ3) is 6.38. The molecule has 2 N–H and O–H groups in total. The zero-order valence-corrected chi connectivity index (χ0v) is 21.6. The fraction of sp³-hybridized carbons (Fsp3) is 0.333. The molecule has 2 aromatic carbocycles. The van der Waals surface area contributed by atoms with Crippen LogP contribution in [-0.2, 0) is 6.54 Å². The van der Waals surface area contributed by atoms with Crippen molar-refractivity contribution in [1.82, 2.24) is 20.4 Å². The number of para-hydroxylation sites is 3. The predicted octanol–water partition coefficient (Wildman–Crippen LogP) is 4.25. The van der Waals surface area contributed by atoms with Gasteiger partial charge in [-0.2, -0.15) is 5.10 Å². The molecule has 0 radical (unpaired) electrons. The van der Waals surface area contributed by atoms with E-state index in [1.54, 1.807) is 14.2 Å². The summed E-state index contributed by atoms with van der Waals surface area (Å²) in [4.78, 5) is 4.33. The SMILES string of the molecule is CN=C(NCc1c(C)nn(-c2ccccc2)c1C)NCC(C)Oc1ccccc1OC.I. The highest BCUT2D eigenvalue weighted by Crippen LogP contribution is 2.26. The molecule has 0 spiro atoms. The van der Waals surface area contributed by atoms with Crippen molar-refractivity contribution in [1.29, 1.82) is 0 Å². The number of hydrogen-bond acceptors (Lipinski definition) is 4. The van der Waals surface area contributed by atoms with Gasteiger partial charge in [-0.05, 0) is 45.0 Å². The molecule has 0 amide bonds. The monoisotopic (exact) mass is 549 g/mol. The first-order valence-corrected chi connectivity index (χ1v) is 10.4. The van der Waals surface area contributed by atoms with Gasteiger partial charge in [-0.15, -0.1) is 24.0 Å². The van der Waals surface area contributed by atoms with E-state index in [9.17, 15) is 0 Å². The highest BCUT2D eigenvalue weighted by atomic mass is 127. The van der Waals surface area contributed by atoms with Crippen molar-refractivity contribution in [3.63, 3.8) is 0 Å². The summed E-state index contributed by atoms with van der Waals surface area (Å²) in [5.41, 5.74) is 4.32. The standard InChI is InChI=1S/C24H31N5O2.HI/c1-17(31-23-14-10-9-13-22(23)30-5)15-26-24(25-4)27-16-21-18(2)28-29(19(21)3)20-11-7-6-8-12-20;/h6-14,17H,15-16H2,1-5H3,(H2,25,26,27);1H. The fourth-order valence-electron chi connectivity index (χ4n) is 3.36. The largest absolute Gasteiger partial charge is 0.493 e. The zero-order valence-electron chi connectivity index (χ0n) is 19.3. The summed E-state index contributed by atoms with van der Waals surface area (Å²) in [6, 6.07) is 17.8. The Kier molecular flexibility index (Phi) is 9.83. The number of aromatic nitrogens is 2. The molecular weight excluding hydrogens is 517 g/mol. The number of halogens is 1. The lowest BCUT2D eigenvalue weighted by Crippen LogP contribution is -2.41. The van der Waals surface area contributed by atoms with Crippen LogP contribution in [0.25, 0.3) is 5.69 Å². The van der Waals surface area contributed by atoms with E-state index < -0.39 is 0 Å². The van der Waals surface area contributed by atoms with Crippen LogP contribution in [-0.4, -0.2) is 42.5 Å². The summed E-state index contributed by atoms with van der Waals surface area (Å²) in [6.07, 6.45) is -0.0702. The molecular formula is C24H32IN5O2. The van der Waals surface area contributed by atoms with Crippen LogP contribution in [0.3, 0.4) is 0 Å². The maximum atomic E-state index is 6.00. The Labute approximate surface area is 207 Å². The van der Waals surface area contributed by atoms with E-state index in [-0.39, 0.29) is 30.1 Å². The van der Waals surface area contributed by atoms with Crippen LogP contribution in [0.15, 0.2) is 59.6 Å². The molecule has 7 nitrogen and oxygen atoms in total. The molecule has 1 aromatic heterocycles. The van der Waals surface area contributed by atoms with Crippen molar-refractivity contribution >= 4 is 29.9 Å². The summed E-state index contributed by atoms with van der Waals surface area (Å²) in [5, 5.41) is 11.4. The molecule has 1 atom stereocenters. The number of aryl methyl sites for hydroxylation is 1.